The lowest BCUT2D eigenvalue weighted by Crippen LogP contribution is -2.67. The van der Waals surface area contributed by atoms with Crippen LogP contribution < -0.4 is 0 Å². The van der Waals surface area contributed by atoms with Crippen molar-refractivity contribution in [2.75, 3.05) is 6.61 Å². The summed E-state index contributed by atoms with van der Waals surface area (Å²) in [6, 6.07) is 9.41. The quantitative estimate of drug-likeness (QED) is 0.175. The summed E-state index contributed by atoms with van der Waals surface area (Å²) in [5, 5.41) is 23.8. The Bertz CT molecular complexity index is 1290. The van der Waals surface area contributed by atoms with Gasteiger partial charge in [-0.1, -0.05) is 51.1 Å². The highest BCUT2D eigenvalue weighted by atomic mass is 16.6. The van der Waals surface area contributed by atoms with Crippen LogP contribution in [-0.2, 0) is 33.3 Å². The van der Waals surface area contributed by atoms with Gasteiger partial charge in [-0.3, -0.25) is 9.59 Å². The van der Waals surface area contributed by atoms with E-state index in [1.54, 1.807) is 6.08 Å². The van der Waals surface area contributed by atoms with Gasteiger partial charge in [-0.15, -0.1) is 0 Å². The van der Waals surface area contributed by atoms with Crippen molar-refractivity contribution in [3.8, 4) is 0 Å². The number of epoxide rings is 1. The molecular formula is C33H42O9. The zero-order valence-corrected chi connectivity index (χ0v) is 25.2. The van der Waals surface area contributed by atoms with Crippen molar-refractivity contribution >= 4 is 24.0 Å². The molecule has 228 valence electrons. The van der Waals surface area contributed by atoms with Gasteiger partial charge in [0.2, 0.25) is 0 Å². The number of hydrogen-bond acceptors (Lipinski definition) is 9. The number of carbonyl (C=O) groups is 3. The fourth-order valence-electron chi connectivity index (χ4n) is 8.27. The second-order valence-electron chi connectivity index (χ2n) is 13.2. The number of fused-ring (bicyclic) bond motifs is 4. The van der Waals surface area contributed by atoms with Crippen molar-refractivity contribution in [3.63, 3.8) is 0 Å². The molecule has 0 radical (unpaired) electrons. The molecule has 4 aliphatic rings. The highest BCUT2D eigenvalue weighted by molar-refractivity contribution is 5.87. The monoisotopic (exact) mass is 582 g/mol. The van der Waals surface area contributed by atoms with Gasteiger partial charge in [0.05, 0.1) is 12.7 Å². The SMILES string of the molecule is CC(=O)O[C@@H]1[C@@H]2C[C@H](OC(C)=O)C(C)=C([C@@H](O)[C@H](O)[C@]3(C)CC[C@H](OC(=O)/C=C/c4ccccc4)[C@@]4(CO4)[C@@H]13)C2(C)C. The molecule has 1 spiro atoms. The number of carbonyl (C=O) groups excluding carboxylic acids is 3. The largest absolute Gasteiger partial charge is 0.462 e. The van der Waals surface area contributed by atoms with Crippen LogP contribution in [0.2, 0.25) is 0 Å². The van der Waals surface area contributed by atoms with Crippen molar-refractivity contribution in [3.05, 3.63) is 53.1 Å². The maximum atomic E-state index is 13.0. The summed E-state index contributed by atoms with van der Waals surface area (Å²) in [5.41, 5.74) is -0.554. The molecule has 3 fully saturated rings. The molecule has 1 heterocycles. The van der Waals surface area contributed by atoms with E-state index in [0.29, 0.717) is 30.4 Å². The first-order chi connectivity index (χ1) is 19.7. The van der Waals surface area contributed by atoms with Crippen molar-refractivity contribution < 1.29 is 43.5 Å². The van der Waals surface area contributed by atoms with Gasteiger partial charge in [-0.25, -0.2) is 4.79 Å². The first-order valence-corrected chi connectivity index (χ1v) is 14.7. The third-order valence-electron chi connectivity index (χ3n) is 10.3. The minimum atomic E-state index is -1.25. The Kier molecular flexibility index (Phi) is 7.92. The highest BCUT2D eigenvalue weighted by Crippen LogP contribution is 2.64. The molecule has 2 saturated carbocycles. The lowest BCUT2D eigenvalue weighted by atomic mass is 9.48. The van der Waals surface area contributed by atoms with Crippen molar-refractivity contribution in [1.29, 1.82) is 0 Å². The first-order valence-electron chi connectivity index (χ1n) is 14.7. The van der Waals surface area contributed by atoms with Gasteiger partial charge in [0.15, 0.2) is 0 Å². The second-order valence-corrected chi connectivity index (χ2v) is 13.2. The second kappa shape index (κ2) is 10.9. The van der Waals surface area contributed by atoms with Crippen LogP contribution in [0.15, 0.2) is 47.6 Å². The van der Waals surface area contributed by atoms with E-state index >= 15 is 0 Å². The minimum Gasteiger partial charge on any atom is -0.462 e. The van der Waals surface area contributed by atoms with Gasteiger partial charge in [-0.05, 0) is 54.4 Å². The Morgan fingerprint density at radius 2 is 1.64 bits per heavy atom. The first kappa shape index (κ1) is 30.4. The Balaban J connectivity index is 1.57. The number of esters is 3. The predicted molar refractivity (Wildman–Crippen MR) is 153 cm³/mol. The summed E-state index contributed by atoms with van der Waals surface area (Å²) >= 11 is 0. The van der Waals surface area contributed by atoms with Crippen LogP contribution in [0, 0.1) is 22.7 Å². The third-order valence-corrected chi connectivity index (χ3v) is 10.3. The Hall–Kier alpha value is -3.01. The van der Waals surface area contributed by atoms with E-state index in [-0.39, 0.29) is 6.61 Å². The van der Waals surface area contributed by atoms with E-state index in [9.17, 15) is 24.6 Å². The average Bonchev–Trinajstić information content (AvgIpc) is 3.70. The molecule has 0 amide bonds. The maximum absolute atomic E-state index is 13.0. The van der Waals surface area contributed by atoms with Gasteiger partial charge in [0.25, 0.3) is 0 Å². The number of hydrogen-bond donors (Lipinski definition) is 2. The van der Waals surface area contributed by atoms with Crippen molar-refractivity contribution in [2.45, 2.75) is 96.9 Å². The van der Waals surface area contributed by atoms with Crippen LogP contribution in [0.1, 0.15) is 66.4 Å². The molecule has 1 aliphatic heterocycles. The van der Waals surface area contributed by atoms with Crippen LogP contribution in [0.25, 0.3) is 6.08 Å². The molecule has 0 unspecified atom stereocenters. The lowest BCUT2D eigenvalue weighted by Gasteiger charge is -2.60. The molecule has 9 nitrogen and oxygen atoms in total. The summed E-state index contributed by atoms with van der Waals surface area (Å²) in [7, 11) is 0. The minimum absolute atomic E-state index is 0.246. The van der Waals surface area contributed by atoms with Crippen molar-refractivity contribution in [1.82, 2.24) is 0 Å². The summed E-state index contributed by atoms with van der Waals surface area (Å²) in [6.45, 7) is 10.6. The summed E-state index contributed by atoms with van der Waals surface area (Å²) in [5.74, 6) is -2.50. The number of aliphatic hydroxyl groups is 2. The number of ether oxygens (including phenoxy) is 4. The molecule has 3 aliphatic carbocycles. The molecule has 2 N–H and O–H groups in total. The molecule has 1 aromatic carbocycles. The molecule has 9 atom stereocenters. The molecule has 5 rings (SSSR count). The predicted octanol–water partition coefficient (Wildman–Crippen LogP) is 3.76. The average molecular weight is 583 g/mol. The fourth-order valence-corrected chi connectivity index (χ4v) is 8.27. The summed E-state index contributed by atoms with van der Waals surface area (Å²) in [4.78, 5) is 37.7. The number of rotatable bonds is 5. The third kappa shape index (κ3) is 5.09. The molecule has 42 heavy (non-hydrogen) atoms. The molecule has 1 aromatic rings. The lowest BCUT2D eigenvalue weighted by molar-refractivity contribution is -0.218. The zero-order chi connectivity index (χ0) is 30.6. The molecule has 1 saturated heterocycles. The molecule has 9 heteroatoms. The summed E-state index contributed by atoms with van der Waals surface area (Å²) < 4.78 is 24.0. The highest BCUT2D eigenvalue weighted by Gasteiger charge is 2.73. The Morgan fingerprint density at radius 3 is 2.24 bits per heavy atom. The van der Waals surface area contributed by atoms with Crippen LogP contribution in [-0.4, -0.2) is 70.8 Å². The van der Waals surface area contributed by atoms with Gasteiger partial charge in [0.1, 0.15) is 30.0 Å². The standard InChI is InChI=1S/C33H42O9/c1-18-23(40-19(2)34)16-22-28(41-20(3)35)29-32(6,30(38)27(37)26(18)31(22,4)5)15-14-24(33(29)17-39-33)42-25(36)13-12-21-10-8-7-9-11-21/h7-13,22-24,27-30,37-38H,14-17H2,1-6H3/b13-12+/t22-,23-,24-,27+,28+,29-,30-,32+,33-/m0/s1. The van der Waals surface area contributed by atoms with Crippen LogP contribution in [0.3, 0.4) is 0 Å². The normalized spacial score (nSPS) is 38.7. The number of benzene rings is 1. The Morgan fingerprint density at radius 1 is 1.00 bits per heavy atom. The van der Waals surface area contributed by atoms with E-state index < -0.39 is 76.7 Å². The maximum Gasteiger partial charge on any atom is 0.331 e. The van der Waals surface area contributed by atoms with Gasteiger partial charge in [-0.2, -0.15) is 0 Å². The topological polar surface area (TPSA) is 132 Å². The van der Waals surface area contributed by atoms with Gasteiger partial charge < -0.3 is 29.2 Å². The summed E-state index contributed by atoms with van der Waals surface area (Å²) in [6.07, 6.45) is -0.383. The zero-order valence-electron chi connectivity index (χ0n) is 25.2. The van der Waals surface area contributed by atoms with E-state index in [0.717, 1.165) is 5.56 Å². The fraction of sp³-hybridized carbons (Fsp3) is 0.606. The Labute approximate surface area is 246 Å². The smallest absolute Gasteiger partial charge is 0.331 e. The van der Waals surface area contributed by atoms with Crippen molar-refractivity contribution in [2.24, 2.45) is 22.7 Å². The van der Waals surface area contributed by atoms with Gasteiger partial charge >= 0.3 is 17.9 Å². The van der Waals surface area contributed by atoms with E-state index in [4.69, 9.17) is 18.9 Å². The van der Waals surface area contributed by atoms with Crippen LogP contribution in [0.5, 0.6) is 0 Å². The number of aliphatic hydroxyl groups excluding tert-OH is 2. The van der Waals surface area contributed by atoms with E-state index in [2.05, 4.69) is 0 Å². The molecular weight excluding hydrogens is 540 g/mol. The van der Waals surface area contributed by atoms with Gasteiger partial charge in [0, 0.05) is 37.2 Å². The van der Waals surface area contributed by atoms with Crippen LogP contribution >= 0.6 is 0 Å². The van der Waals surface area contributed by atoms with Crippen LogP contribution in [0.4, 0.5) is 0 Å². The van der Waals surface area contributed by atoms with E-state index in [1.807, 2.05) is 58.0 Å². The van der Waals surface area contributed by atoms with E-state index in [1.165, 1.54) is 19.9 Å². The molecule has 0 aromatic heterocycles. The molecule has 2 bridgehead atoms.